The smallest absolute Gasteiger partial charge is 0.261 e. The van der Waals surface area contributed by atoms with Crippen molar-refractivity contribution in [1.82, 2.24) is 5.32 Å². The second-order valence-corrected chi connectivity index (χ2v) is 5.85. The summed E-state index contributed by atoms with van der Waals surface area (Å²) < 4.78 is 18.6. The molecule has 0 spiro atoms. The van der Waals surface area contributed by atoms with Crippen molar-refractivity contribution >= 4 is 5.91 Å². The summed E-state index contributed by atoms with van der Waals surface area (Å²) in [7, 11) is 0. The second kappa shape index (κ2) is 9.06. The van der Waals surface area contributed by atoms with E-state index in [1.165, 1.54) is 12.1 Å². The summed E-state index contributed by atoms with van der Waals surface area (Å²) in [6.07, 6.45) is 1.73. The molecule has 0 aliphatic heterocycles. The topological polar surface area (TPSA) is 38.3 Å². The van der Waals surface area contributed by atoms with E-state index in [1.807, 2.05) is 38.1 Å². The molecule has 0 radical (unpaired) electrons. The minimum absolute atomic E-state index is 0.0998. The van der Waals surface area contributed by atoms with Crippen molar-refractivity contribution in [1.29, 1.82) is 0 Å². The van der Waals surface area contributed by atoms with Crippen LogP contribution >= 0.6 is 0 Å². The highest BCUT2D eigenvalue weighted by Gasteiger charge is 2.17. The molecule has 1 N–H and O–H groups in total. The number of hydrogen-bond donors (Lipinski definition) is 1. The third-order valence-corrected chi connectivity index (χ3v) is 3.82. The Balaban J connectivity index is 1.75. The van der Waals surface area contributed by atoms with Crippen molar-refractivity contribution in [2.24, 2.45) is 0 Å². The van der Waals surface area contributed by atoms with E-state index in [0.29, 0.717) is 18.7 Å². The summed E-state index contributed by atoms with van der Waals surface area (Å²) in [4.78, 5) is 12.2. The second-order valence-electron chi connectivity index (χ2n) is 5.85. The maximum atomic E-state index is 12.8. The highest BCUT2D eigenvalue weighted by molar-refractivity contribution is 5.81. The van der Waals surface area contributed by atoms with Crippen molar-refractivity contribution < 1.29 is 13.9 Å². The Hall–Kier alpha value is -2.36. The zero-order valence-electron chi connectivity index (χ0n) is 14.2. The number of carbonyl (C=O) groups is 1. The van der Waals surface area contributed by atoms with Crippen LogP contribution in [0.4, 0.5) is 4.39 Å². The van der Waals surface area contributed by atoms with E-state index in [4.69, 9.17) is 4.74 Å². The van der Waals surface area contributed by atoms with Crippen LogP contribution < -0.4 is 10.1 Å². The monoisotopic (exact) mass is 329 g/mol. The lowest BCUT2D eigenvalue weighted by molar-refractivity contribution is -0.128. The maximum absolute atomic E-state index is 12.8. The SMILES string of the molecule is CC[C@@H](Oc1ccc(C)cc1)C(=O)NCCCc1ccc(F)cc1. The number of amides is 1. The van der Waals surface area contributed by atoms with Crippen LogP contribution in [0.1, 0.15) is 30.9 Å². The Labute approximate surface area is 142 Å². The van der Waals surface area contributed by atoms with Gasteiger partial charge in [0, 0.05) is 6.54 Å². The fraction of sp³-hybridized carbons (Fsp3) is 0.350. The van der Waals surface area contributed by atoms with Gasteiger partial charge in [-0.05, 0) is 56.0 Å². The highest BCUT2D eigenvalue weighted by Crippen LogP contribution is 2.14. The molecular weight excluding hydrogens is 305 g/mol. The van der Waals surface area contributed by atoms with E-state index in [1.54, 1.807) is 12.1 Å². The fourth-order valence-corrected chi connectivity index (χ4v) is 2.37. The van der Waals surface area contributed by atoms with Gasteiger partial charge in [-0.3, -0.25) is 4.79 Å². The van der Waals surface area contributed by atoms with Crippen LogP contribution in [-0.4, -0.2) is 18.6 Å². The number of rotatable bonds is 8. The Morgan fingerprint density at radius 1 is 1.12 bits per heavy atom. The summed E-state index contributed by atoms with van der Waals surface area (Å²) in [5.41, 5.74) is 2.22. The molecule has 2 aromatic carbocycles. The summed E-state index contributed by atoms with van der Waals surface area (Å²) in [5.74, 6) is 0.372. The Morgan fingerprint density at radius 3 is 2.42 bits per heavy atom. The van der Waals surface area contributed by atoms with Gasteiger partial charge in [0.1, 0.15) is 11.6 Å². The van der Waals surface area contributed by atoms with Crippen molar-refractivity contribution in [3.63, 3.8) is 0 Å². The van der Waals surface area contributed by atoms with Crippen molar-refractivity contribution in [2.75, 3.05) is 6.54 Å². The lowest BCUT2D eigenvalue weighted by Crippen LogP contribution is -2.38. The fourth-order valence-electron chi connectivity index (χ4n) is 2.37. The molecule has 0 aromatic heterocycles. The predicted molar refractivity (Wildman–Crippen MR) is 93.6 cm³/mol. The largest absolute Gasteiger partial charge is 0.481 e. The van der Waals surface area contributed by atoms with E-state index in [9.17, 15) is 9.18 Å². The van der Waals surface area contributed by atoms with Gasteiger partial charge in [0.05, 0.1) is 0 Å². The van der Waals surface area contributed by atoms with E-state index in [-0.39, 0.29) is 11.7 Å². The first kappa shape index (κ1) is 18.0. The molecule has 3 nitrogen and oxygen atoms in total. The van der Waals surface area contributed by atoms with Crippen LogP contribution in [-0.2, 0) is 11.2 Å². The number of halogens is 1. The zero-order valence-corrected chi connectivity index (χ0v) is 14.2. The van der Waals surface area contributed by atoms with Crippen LogP contribution in [0.2, 0.25) is 0 Å². The first-order chi connectivity index (χ1) is 11.6. The Kier molecular flexibility index (Phi) is 6.79. The summed E-state index contributed by atoms with van der Waals surface area (Å²) in [6.45, 7) is 4.51. The zero-order chi connectivity index (χ0) is 17.4. The normalized spacial score (nSPS) is 11.8. The number of hydrogen-bond acceptors (Lipinski definition) is 2. The number of carbonyl (C=O) groups excluding carboxylic acids is 1. The molecule has 2 rings (SSSR count). The summed E-state index contributed by atoms with van der Waals surface area (Å²) >= 11 is 0. The van der Waals surface area contributed by atoms with Crippen LogP contribution in [0.25, 0.3) is 0 Å². The van der Waals surface area contributed by atoms with Crippen LogP contribution in [0.3, 0.4) is 0 Å². The molecule has 0 unspecified atom stereocenters. The van der Waals surface area contributed by atoms with Crippen molar-refractivity contribution in [3.05, 3.63) is 65.5 Å². The first-order valence-corrected chi connectivity index (χ1v) is 8.34. The highest BCUT2D eigenvalue weighted by atomic mass is 19.1. The standard InChI is InChI=1S/C20H24FNO2/c1-3-19(24-18-12-6-15(2)7-13-18)20(23)22-14-4-5-16-8-10-17(21)11-9-16/h6-13,19H,3-5,14H2,1-2H3,(H,22,23)/t19-/m1/s1. The van der Waals surface area contributed by atoms with Crippen LogP contribution in [0.5, 0.6) is 5.75 Å². The van der Waals surface area contributed by atoms with Gasteiger partial charge in [0.15, 0.2) is 6.10 Å². The van der Waals surface area contributed by atoms with Crippen molar-refractivity contribution in [3.8, 4) is 5.75 Å². The minimum atomic E-state index is -0.487. The number of benzene rings is 2. The number of aryl methyl sites for hydroxylation is 2. The van der Waals surface area contributed by atoms with E-state index in [2.05, 4.69) is 5.32 Å². The van der Waals surface area contributed by atoms with Gasteiger partial charge in [0.2, 0.25) is 0 Å². The predicted octanol–water partition coefficient (Wildman–Crippen LogP) is 4.04. The molecular formula is C20H24FNO2. The third kappa shape index (κ3) is 5.69. The first-order valence-electron chi connectivity index (χ1n) is 8.34. The minimum Gasteiger partial charge on any atom is -0.481 e. The average molecular weight is 329 g/mol. The summed E-state index contributed by atoms with van der Waals surface area (Å²) in [6, 6.07) is 14.1. The summed E-state index contributed by atoms with van der Waals surface area (Å²) in [5, 5.41) is 2.91. The number of ether oxygens (including phenoxy) is 1. The van der Waals surface area contributed by atoms with Gasteiger partial charge >= 0.3 is 0 Å². The van der Waals surface area contributed by atoms with Gasteiger partial charge in [0.25, 0.3) is 5.91 Å². The molecule has 1 amide bonds. The molecule has 0 heterocycles. The quantitative estimate of drug-likeness (QED) is 0.742. The molecule has 1 atom stereocenters. The van der Waals surface area contributed by atoms with Gasteiger partial charge in [-0.2, -0.15) is 0 Å². The van der Waals surface area contributed by atoms with E-state index in [0.717, 1.165) is 24.0 Å². The molecule has 0 bridgehead atoms. The third-order valence-electron chi connectivity index (χ3n) is 3.82. The van der Waals surface area contributed by atoms with Crippen molar-refractivity contribution in [2.45, 2.75) is 39.2 Å². The number of nitrogens with one attached hydrogen (secondary N) is 1. The lowest BCUT2D eigenvalue weighted by atomic mass is 10.1. The van der Waals surface area contributed by atoms with Gasteiger partial charge < -0.3 is 10.1 Å². The molecule has 0 saturated carbocycles. The molecule has 24 heavy (non-hydrogen) atoms. The molecule has 128 valence electrons. The van der Waals surface area contributed by atoms with Gasteiger partial charge in [-0.25, -0.2) is 4.39 Å². The Bertz CT molecular complexity index is 638. The van der Waals surface area contributed by atoms with Crippen LogP contribution in [0.15, 0.2) is 48.5 Å². The molecule has 4 heteroatoms. The molecule has 0 aliphatic rings. The van der Waals surface area contributed by atoms with Gasteiger partial charge in [-0.15, -0.1) is 0 Å². The van der Waals surface area contributed by atoms with E-state index < -0.39 is 6.10 Å². The van der Waals surface area contributed by atoms with E-state index >= 15 is 0 Å². The average Bonchev–Trinajstić information content (AvgIpc) is 2.59. The molecule has 0 saturated heterocycles. The Morgan fingerprint density at radius 2 is 1.79 bits per heavy atom. The van der Waals surface area contributed by atoms with Gasteiger partial charge in [-0.1, -0.05) is 36.8 Å². The van der Waals surface area contributed by atoms with Crippen LogP contribution in [0, 0.1) is 12.7 Å². The molecule has 0 fully saturated rings. The maximum Gasteiger partial charge on any atom is 0.261 e. The molecule has 2 aromatic rings. The molecule has 0 aliphatic carbocycles. The lowest BCUT2D eigenvalue weighted by Gasteiger charge is -2.17.